The highest BCUT2D eigenvalue weighted by molar-refractivity contribution is 5.84. The third kappa shape index (κ3) is 5.15. The highest BCUT2D eigenvalue weighted by Gasteiger charge is 2.15. The maximum absolute atomic E-state index is 12.4. The van der Waals surface area contributed by atoms with Crippen LogP contribution in [0.25, 0.3) is 10.8 Å². The van der Waals surface area contributed by atoms with Crippen molar-refractivity contribution in [2.45, 2.75) is 39.0 Å². The van der Waals surface area contributed by atoms with Gasteiger partial charge in [-0.3, -0.25) is 9.69 Å². The molecule has 3 aromatic carbocycles. The number of amides is 1. The molecule has 4 heteroatoms. The average molecular weight is 389 g/mol. The van der Waals surface area contributed by atoms with Gasteiger partial charge in [0.25, 0.3) is 5.91 Å². The molecule has 4 rings (SSSR count). The summed E-state index contributed by atoms with van der Waals surface area (Å²) < 4.78 is 5.85. The molecule has 0 aromatic heterocycles. The third-order valence-corrected chi connectivity index (χ3v) is 5.50. The fourth-order valence-electron chi connectivity index (χ4n) is 3.79. The first-order valence-corrected chi connectivity index (χ1v) is 10.4. The summed E-state index contributed by atoms with van der Waals surface area (Å²) in [6, 6.07) is 22.5. The molecule has 1 heterocycles. The highest BCUT2D eigenvalue weighted by Crippen LogP contribution is 2.21. The van der Waals surface area contributed by atoms with Gasteiger partial charge in [-0.1, -0.05) is 54.6 Å². The maximum Gasteiger partial charge on any atom is 0.261 e. The average Bonchev–Trinajstić information content (AvgIpc) is 3.26. The van der Waals surface area contributed by atoms with Crippen LogP contribution in [-0.2, 0) is 17.9 Å². The summed E-state index contributed by atoms with van der Waals surface area (Å²) >= 11 is 0. The van der Waals surface area contributed by atoms with Crippen LogP contribution in [0.4, 0.5) is 0 Å². The second-order valence-corrected chi connectivity index (χ2v) is 7.79. The van der Waals surface area contributed by atoms with E-state index in [2.05, 4.69) is 40.5 Å². The summed E-state index contributed by atoms with van der Waals surface area (Å²) in [5.74, 6) is 0.594. The first kappa shape index (κ1) is 19.5. The zero-order valence-electron chi connectivity index (χ0n) is 16.9. The van der Waals surface area contributed by atoms with Gasteiger partial charge in [-0.2, -0.15) is 0 Å². The molecule has 0 saturated carbocycles. The smallest absolute Gasteiger partial charge is 0.261 e. The van der Waals surface area contributed by atoms with Gasteiger partial charge in [-0.05, 0) is 66.9 Å². The number of nitrogens with one attached hydrogen (secondary N) is 1. The molecule has 1 unspecified atom stereocenters. The Morgan fingerprint density at radius 2 is 1.66 bits per heavy atom. The Morgan fingerprint density at radius 3 is 2.41 bits per heavy atom. The molecule has 0 spiro atoms. The fraction of sp³-hybridized carbons (Fsp3) is 0.320. The molecule has 1 amide bonds. The van der Waals surface area contributed by atoms with E-state index in [1.165, 1.54) is 31.5 Å². The summed E-state index contributed by atoms with van der Waals surface area (Å²) in [5.41, 5.74) is 2.43. The number of fused-ring (bicyclic) bond motifs is 1. The zero-order valence-corrected chi connectivity index (χ0v) is 16.9. The molecular formula is C25H28N2O2. The van der Waals surface area contributed by atoms with Crippen LogP contribution < -0.4 is 10.1 Å². The van der Waals surface area contributed by atoms with Gasteiger partial charge in [0.1, 0.15) is 5.75 Å². The molecule has 1 aliphatic heterocycles. The second kappa shape index (κ2) is 9.10. The van der Waals surface area contributed by atoms with Crippen LogP contribution in [0.5, 0.6) is 5.75 Å². The van der Waals surface area contributed by atoms with E-state index in [0.29, 0.717) is 12.3 Å². The molecular weight excluding hydrogens is 360 g/mol. The molecule has 0 radical (unpaired) electrons. The van der Waals surface area contributed by atoms with Gasteiger partial charge in [-0.25, -0.2) is 0 Å². The Bertz CT molecular complexity index is 962. The molecule has 4 nitrogen and oxygen atoms in total. The third-order valence-electron chi connectivity index (χ3n) is 5.50. The van der Waals surface area contributed by atoms with Gasteiger partial charge in [0.2, 0.25) is 0 Å². The standard InChI is InChI=1S/C25H28N2O2/c1-19(29-24-13-12-22-6-2-3-7-23(22)16-24)25(28)26-17-20-8-10-21(11-9-20)18-27-14-4-5-15-27/h2-3,6-13,16,19H,4-5,14-15,17-18H2,1H3,(H,26,28). The van der Waals surface area contributed by atoms with E-state index in [0.717, 1.165) is 22.9 Å². The van der Waals surface area contributed by atoms with Gasteiger partial charge < -0.3 is 10.1 Å². The van der Waals surface area contributed by atoms with Crippen molar-refractivity contribution in [3.8, 4) is 5.75 Å². The largest absolute Gasteiger partial charge is 0.481 e. The minimum absolute atomic E-state index is 0.112. The van der Waals surface area contributed by atoms with Gasteiger partial charge in [0.15, 0.2) is 6.10 Å². The van der Waals surface area contributed by atoms with E-state index >= 15 is 0 Å². The van der Waals surface area contributed by atoms with Crippen LogP contribution in [0.1, 0.15) is 30.9 Å². The van der Waals surface area contributed by atoms with Crippen LogP contribution in [0, 0.1) is 0 Å². The topological polar surface area (TPSA) is 41.6 Å². The summed E-state index contributed by atoms with van der Waals surface area (Å²) in [5, 5.41) is 5.24. The monoisotopic (exact) mass is 388 g/mol. The predicted molar refractivity (Wildman–Crippen MR) is 117 cm³/mol. The van der Waals surface area contributed by atoms with Crippen molar-refractivity contribution >= 4 is 16.7 Å². The molecule has 1 atom stereocenters. The minimum Gasteiger partial charge on any atom is -0.481 e. The minimum atomic E-state index is -0.550. The van der Waals surface area contributed by atoms with Crippen LogP contribution in [0.2, 0.25) is 0 Å². The predicted octanol–water partition coefficient (Wildman–Crippen LogP) is 4.52. The summed E-state index contributed by atoms with van der Waals surface area (Å²) in [7, 11) is 0. The van der Waals surface area contributed by atoms with E-state index < -0.39 is 6.10 Å². The molecule has 1 fully saturated rings. The van der Waals surface area contributed by atoms with Crippen molar-refractivity contribution in [1.82, 2.24) is 10.2 Å². The van der Waals surface area contributed by atoms with Crippen LogP contribution in [0.15, 0.2) is 66.7 Å². The Balaban J connectivity index is 1.28. The quantitative estimate of drug-likeness (QED) is 0.647. The number of benzene rings is 3. The Kier molecular flexibility index (Phi) is 6.11. The van der Waals surface area contributed by atoms with Gasteiger partial charge in [0.05, 0.1) is 0 Å². The molecule has 150 valence electrons. The summed E-state index contributed by atoms with van der Waals surface area (Å²) in [4.78, 5) is 14.9. The molecule has 1 N–H and O–H groups in total. The number of carbonyl (C=O) groups excluding carboxylic acids is 1. The molecule has 1 aliphatic rings. The van der Waals surface area contributed by atoms with E-state index in [-0.39, 0.29) is 5.91 Å². The SMILES string of the molecule is CC(Oc1ccc2ccccc2c1)C(=O)NCc1ccc(CN2CCCC2)cc1. The number of ether oxygens (including phenoxy) is 1. The van der Waals surface area contributed by atoms with Crippen LogP contribution >= 0.6 is 0 Å². The van der Waals surface area contributed by atoms with Gasteiger partial charge >= 0.3 is 0 Å². The Labute approximate surface area is 172 Å². The Morgan fingerprint density at radius 1 is 0.966 bits per heavy atom. The molecule has 0 bridgehead atoms. The lowest BCUT2D eigenvalue weighted by Crippen LogP contribution is -2.35. The number of nitrogens with zero attached hydrogens (tertiary/aromatic N) is 1. The summed E-state index contributed by atoms with van der Waals surface area (Å²) in [6.07, 6.45) is 2.07. The lowest BCUT2D eigenvalue weighted by Gasteiger charge is -2.16. The normalized spacial score (nSPS) is 15.3. The number of likely N-dealkylation sites (tertiary alicyclic amines) is 1. The zero-order chi connectivity index (χ0) is 20.1. The first-order valence-electron chi connectivity index (χ1n) is 10.4. The maximum atomic E-state index is 12.4. The van der Waals surface area contributed by atoms with Crippen LogP contribution in [0.3, 0.4) is 0 Å². The van der Waals surface area contributed by atoms with Gasteiger partial charge in [0, 0.05) is 13.1 Å². The first-order chi connectivity index (χ1) is 14.2. The number of hydrogen-bond acceptors (Lipinski definition) is 3. The number of rotatable bonds is 7. The van der Waals surface area contributed by atoms with Crippen molar-refractivity contribution in [2.75, 3.05) is 13.1 Å². The molecule has 29 heavy (non-hydrogen) atoms. The van der Waals surface area contributed by atoms with Crippen molar-refractivity contribution in [2.24, 2.45) is 0 Å². The molecule has 0 aliphatic carbocycles. The van der Waals surface area contributed by atoms with E-state index in [4.69, 9.17) is 4.74 Å². The van der Waals surface area contributed by atoms with Crippen molar-refractivity contribution in [1.29, 1.82) is 0 Å². The highest BCUT2D eigenvalue weighted by atomic mass is 16.5. The Hall–Kier alpha value is -2.85. The van der Waals surface area contributed by atoms with Crippen LogP contribution in [-0.4, -0.2) is 30.0 Å². The van der Waals surface area contributed by atoms with Crippen molar-refractivity contribution < 1.29 is 9.53 Å². The number of carbonyl (C=O) groups is 1. The fourth-order valence-corrected chi connectivity index (χ4v) is 3.79. The van der Waals surface area contributed by atoms with E-state index in [1.54, 1.807) is 6.92 Å². The van der Waals surface area contributed by atoms with Crippen molar-refractivity contribution in [3.63, 3.8) is 0 Å². The lowest BCUT2D eigenvalue weighted by atomic mass is 10.1. The van der Waals surface area contributed by atoms with E-state index in [1.807, 2.05) is 36.4 Å². The second-order valence-electron chi connectivity index (χ2n) is 7.79. The molecule has 3 aromatic rings. The lowest BCUT2D eigenvalue weighted by molar-refractivity contribution is -0.127. The number of hydrogen-bond donors (Lipinski definition) is 1. The summed E-state index contributed by atoms with van der Waals surface area (Å²) in [6.45, 7) is 5.71. The molecule has 1 saturated heterocycles. The van der Waals surface area contributed by atoms with Gasteiger partial charge in [-0.15, -0.1) is 0 Å². The van der Waals surface area contributed by atoms with E-state index in [9.17, 15) is 4.79 Å². The van der Waals surface area contributed by atoms with Crippen molar-refractivity contribution in [3.05, 3.63) is 77.9 Å².